The number of fused-ring (bicyclic) bond motifs is 1. The molecule has 0 aliphatic heterocycles. The first-order valence-corrected chi connectivity index (χ1v) is 5.55. The van der Waals surface area contributed by atoms with Crippen LogP contribution in [0.25, 0.3) is 11.0 Å². The Labute approximate surface area is 95.4 Å². The van der Waals surface area contributed by atoms with Crippen LogP contribution in [0, 0.1) is 11.8 Å². The van der Waals surface area contributed by atoms with Gasteiger partial charge in [0.05, 0.1) is 6.04 Å². The lowest BCUT2D eigenvalue weighted by Crippen LogP contribution is -2.16. The molecule has 2 nitrogen and oxygen atoms in total. The summed E-state index contributed by atoms with van der Waals surface area (Å²) in [6, 6.07) is 9.77. The molecule has 2 aromatic rings. The summed E-state index contributed by atoms with van der Waals surface area (Å²) in [5.74, 6) is 6.66. The van der Waals surface area contributed by atoms with Crippen LogP contribution in [0.4, 0.5) is 0 Å². The Balaban J connectivity index is 2.21. The van der Waals surface area contributed by atoms with Crippen molar-refractivity contribution in [2.24, 2.45) is 5.73 Å². The van der Waals surface area contributed by atoms with Gasteiger partial charge in [-0.2, -0.15) is 0 Å². The Morgan fingerprint density at radius 2 is 2.19 bits per heavy atom. The minimum Gasteiger partial charge on any atom is -0.448 e. The van der Waals surface area contributed by atoms with Crippen molar-refractivity contribution in [1.82, 2.24) is 0 Å². The highest BCUT2D eigenvalue weighted by Crippen LogP contribution is 2.17. The van der Waals surface area contributed by atoms with Gasteiger partial charge in [-0.3, -0.25) is 0 Å². The SMILES string of the molecule is CCCC(N)C#Cc1cc2ccccc2o1. The lowest BCUT2D eigenvalue weighted by Gasteiger charge is -1.97. The molecule has 1 aromatic heterocycles. The van der Waals surface area contributed by atoms with E-state index in [1.165, 1.54) is 0 Å². The van der Waals surface area contributed by atoms with Gasteiger partial charge in [-0.05, 0) is 18.4 Å². The Bertz CT molecular complexity index is 497. The van der Waals surface area contributed by atoms with Crippen molar-refractivity contribution in [3.63, 3.8) is 0 Å². The molecule has 2 heteroatoms. The zero-order chi connectivity index (χ0) is 11.4. The maximum absolute atomic E-state index is 5.81. The van der Waals surface area contributed by atoms with Crippen LogP contribution >= 0.6 is 0 Å². The number of benzene rings is 1. The van der Waals surface area contributed by atoms with Crippen LogP contribution < -0.4 is 5.73 Å². The van der Waals surface area contributed by atoms with E-state index in [0.29, 0.717) is 5.76 Å². The molecule has 2 rings (SSSR count). The molecule has 82 valence electrons. The Morgan fingerprint density at radius 1 is 1.38 bits per heavy atom. The van der Waals surface area contributed by atoms with Crippen molar-refractivity contribution in [2.75, 3.05) is 0 Å². The molecular formula is C14H15NO. The predicted molar refractivity (Wildman–Crippen MR) is 66.0 cm³/mol. The third-order valence-corrected chi connectivity index (χ3v) is 2.41. The zero-order valence-electron chi connectivity index (χ0n) is 9.36. The molecule has 1 unspecified atom stereocenters. The molecule has 1 atom stereocenters. The molecule has 0 radical (unpaired) electrons. The first-order chi connectivity index (χ1) is 7.79. The van der Waals surface area contributed by atoms with Gasteiger partial charge in [-0.1, -0.05) is 37.5 Å². The molecular weight excluding hydrogens is 198 g/mol. The van der Waals surface area contributed by atoms with Crippen molar-refractivity contribution >= 4 is 11.0 Å². The van der Waals surface area contributed by atoms with E-state index in [9.17, 15) is 0 Å². The van der Waals surface area contributed by atoms with Crippen LogP contribution in [0.5, 0.6) is 0 Å². The maximum atomic E-state index is 5.81. The normalized spacial score (nSPS) is 12.1. The molecule has 0 amide bonds. The van der Waals surface area contributed by atoms with Crippen LogP contribution in [0.1, 0.15) is 25.5 Å². The van der Waals surface area contributed by atoms with E-state index < -0.39 is 0 Å². The summed E-state index contributed by atoms with van der Waals surface area (Å²) in [7, 11) is 0. The minimum absolute atomic E-state index is 0.0572. The molecule has 1 heterocycles. The Morgan fingerprint density at radius 3 is 2.94 bits per heavy atom. The van der Waals surface area contributed by atoms with Crippen molar-refractivity contribution in [3.8, 4) is 11.8 Å². The minimum atomic E-state index is -0.0572. The fourth-order valence-corrected chi connectivity index (χ4v) is 1.59. The van der Waals surface area contributed by atoms with Gasteiger partial charge in [0, 0.05) is 11.5 Å². The second-order valence-corrected chi connectivity index (χ2v) is 3.81. The lowest BCUT2D eigenvalue weighted by molar-refractivity contribution is 0.600. The highest BCUT2D eigenvalue weighted by molar-refractivity contribution is 5.78. The highest BCUT2D eigenvalue weighted by atomic mass is 16.3. The van der Waals surface area contributed by atoms with Crippen LogP contribution in [-0.2, 0) is 0 Å². The highest BCUT2D eigenvalue weighted by Gasteiger charge is 2.00. The van der Waals surface area contributed by atoms with Gasteiger partial charge in [-0.25, -0.2) is 0 Å². The van der Waals surface area contributed by atoms with E-state index in [2.05, 4.69) is 18.8 Å². The summed E-state index contributed by atoms with van der Waals surface area (Å²) >= 11 is 0. The number of rotatable bonds is 2. The molecule has 0 bridgehead atoms. The first-order valence-electron chi connectivity index (χ1n) is 5.55. The molecule has 0 spiro atoms. The average molecular weight is 213 g/mol. The van der Waals surface area contributed by atoms with Gasteiger partial charge >= 0.3 is 0 Å². The monoisotopic (exact) mass is 213 g/mol. The summed E-state index contributed by atoms with van der Waals surface area (Å²) in [6.07, 6.45) is 1.98. The molecule has 0 saturated heterocycles. The first kappa shape index (κ1) is 10.8. The van der Waals surface area contributed by atoms with E-state index in [-0.39, 0.29) is 6.04 Å². The number of hydrogen-bond donors (Lipinski definition) is 1. The van der Waals surface area contributed by atoms with Crippen LogP contribution in [-0.4, -0.2) is 6.04 Å². The smallest absolute Gasteiger partial charge is 0.178 e. The van der Waals surface area contributed by atoms with Crippen molar-refractivity contribution in [3.05, 3.63) is 36.1 Å². The van der Waals surface area contributed by atoms with Crippen LogP contribution in [0.15, 0.2) is 34.7 Å². The van der Waals surface area contributed by atoms with Crippen molar-refractivity contribution in [1.29, 1.82) is 0 Å². The standard InChI is InChI=1S/C14H15NO/c1-2-5-12(15)8-9-13-10-11-6-3-4-7-14(11)16-13/h3-4,6-7,10,12H,2,5,15H2,1H3. The summed E-state index contributed by atoms with van der Waals surface area (Å²) in [4.78, 5) is 0. The van der Waals surface area contributed by atoms with Gasteiger partial charge in [-0.15, -0.1) is 0 Å². The lowest BCUT2D eigenvalue weighted by atomic mass is 10.2. The molecule has 1 aromatic carbocycles. The van der Waals surface area contributed by atoms with Gasteiger partial charge in [0.1, 0.15) is 5.58 Å². The molecule has 0 aliphatic rings. The number of furan rings is 1. The van der Waals surface area contributed by atoms with Gasteiger partial charge in [0.25, 0.3) is 0 Å². The number of para-hydroxylation sites is 1. The maximum Gasteiger partial charge on any atom is 0.178 e. The van der Waals surface area contributed by atoms with Gasteiger partial charge < -0.3 is 10.2 Å². The molecule has 0 fully saturated rings. The van der Waals surface area contributed by atoms with E-state index in [0.717, 1.165) is 23.8 Å². The Kier molecular flexibility index (Phi) is 3.28. The van der Waals surface area contributed by atoms with Gasteiger partial charge in [0.2, 0.25) is 0 Å². The van der Waals surface area contributed by atoms with E-state index in [4.69, 9.17) is 10.2 Å². The van der Waals surface area contributed by atoms with Crippen LogP contribution in [0.3, 0.4) is 0 Å². The fraction of sp³-hybridized carbons (Fsp3) is 0.286. The molecule has 2 N–H and O–H groups in total. The summed E-state index contributed by atoms with van der Waals surface area (Å²) < 4.78 is 5.57. The molecule has 0 saturated carbocycles. The number of hydrogen-bond acceptors (Lipinski definition) is 2. The zero-order valence-corrected chi connectivity index (χ0v) is 9.36. The Hall–Kier alpha value is -1.72. The molecule has 16 heavy (non-hydrogen) atoms. The quantitative estimate of drug-likeness (QED) is 0.779. The summed E-state index contributed by atoms with van der Waals surface area (Å²) in [6.45, 7) is 2.10. The second-order valence-electron chi connectivity index (χ2n) is 3.81. The topological polar surface area (TPSA) is 39.2 Å². The molecule has 0 aliphatic carbocycles. The third kappa shape index (κ3) is 2.44. The second kappa shape index (κ2) is 4.87. The predicted octanol–water partition coefficient (Wildman–Crippen LogP) is 2.91. The summed E-state index contributed by atoms with van der Waals surface area (Å²) in [5.41, 5.74) is 6.68. The fourth-order valence-electron chi connectivity index (χ4n) is 1.59. The summed E-state index contributed by atoms with van der Waals surface area (Å²) in [5, 5.41) is 1.08. The average Bonchev–Trinajstić information content (AvgIpc) is 2.69. The van der Waals surface area contributed by atoms with Crippen molar-refractivity contribution < 1.29 is 4.42 Å². The van der Waals surface area contributed by atoms with E-state index >= 15 is 0 Å². The van der Waals surface area contributed by atoms with Gasteiger partial charge in [0.15, 0.2) is 5.76 Å². The number of nitrogens with two attached hydrogens (primary N) is 1. The van der Waals surface area contributed by atoms with E-state index in [1.54, 1.807) is 0 Å². The van der Waals surface area contributed by atoms with Crippen LogP contribution in [0.2, 0.25) is 0 Å². The largest absolute Gasteiger partial charge is 0.448 e. The third-order valence-electron chi connectivity index (χ3n) is 2.41. The van der Waals surface area contributed by atoms with Crippen molar-refractivity contribution in [2.45, 2.75) is 25.8 Å². The van der Waals surface area contributed by atoms with E-state index in [1.807, 2.05) is 30.3 Å².